The Balaban J connectivity index is 1.48. The third kappa shape index (κ3) is 6.74. The Kier molecular flexibility index (Phi) is 9.30. The summed E-state index contributed by atoms with van der Waals surface area (Å²) in [5.74, 6) is -1.06. The fraction of sp³-hybridized carbons (Fsp3) is 0.200. The van der Waals surface area contributed by atoms with Gasteiger partial charge in [-0.3, -0.25) is 19.1 Å². The first-order valence-corrected chi connectivity index (χ1v) is 15.7. The molecular formula is C35H31FN6O3S. The Morgan fingerprint density at radius 2 is 1.76 bits per heavy atom. The third-order valence-corrected chi connectivity index (χ3v) is 8.75. The standard InChI is InChI=1S/C35H31FN6O3S/c1-24-7-9-25(10-8-24)32-26(23-41(39-32)28-5-3-2-4-6-28)21-31-34(44)42(29-13-11-27(36)12-14-29)35(46-31)30(22-37)33(43)38-15-16-40-17-19-45-20-18-40/h2-14,21,23H,15-20H2,1H3,(H,38,43). The number of hydrogen-bond acceptors (Lipinski definition) is 7. The lowest BCUT2D eigenvalue weighted by Gasteiger charge is -2.26. The number of nitrogens with zero attached hydrogens (tertiary/aromatic N) is 5. The lowest BCUT2D eigenvalue weighted by molar-refractivity contribution is -0.115. The Bertz CT molecular complexity index is 2070. The summed E-state index contributed by atoms with van der Waals surface area (Å²) < 4.78 is 22.8. The van der Waals surface area contributed by atoms with Gasteiger partial charge in [-0.1, -0.05) is 48.0 Å². The molecule has 1 aliphatic heterocycles. The summed E-state index contributed by atoms with van der Waals surface area (Å²) in [5.41, 5.74) is 3.85. The molecule has 1 amide bonds. The maximum atomic E-state index is 14.1. The summed E-state index contributed by atoms with van der Waals surface area (Å²) in [4.78, 5) is 29.6. The quantitative estimate of drug-likeness (QED) is 0.281. The highest BCUT2D eigenvalue weighted by molar-refractivity contribution is 7.07. The smallest absolute Gasteiger partial charge is 0.273 e. The number of aromatic nitrogens is 3. The largest absolute Gasteiger partial charge is 0.379 e. The first kappa shape index (κ1) is 30.9. The fourth-order valence-corrected chi connectivity index (χ4v) is 6.29. The van der Waals surface area contributed by atoms with Gasteiger partial charge in [0, 0.05) is 43.5 Å². The fourth-order valence-electron chi connectivity index (χ4n) is 5.19. The van der Waals surface area contributed by atoms with Crippen LogP contribution < -0.4 is 20.1 Å². The summed E-state index contributed by atoms with van der Waals surface area (Å²) in [6.45, 7) is 5.75. The van der Waals surface area contributed by atoms with Crippen LogP contribution in [-0.2, 0) is 9.53 Å². The van der Waals surface area contributed by atoms with Gasteiger partial charge in [0.15, 0.2) is 5.57 Å². The molecule has 232 valence electrons. The average molecular weight is 635 g/mol. The van der Waals surface area contributed by atoms with Crippen LogP contribution in [0.1, 0.15) is 11.1 Å². The number of nitrogens with one attached hydrogen (secondary N) is 1. The Labute approximate surface area is 268 Å². The molecule has 0 bridgehead atoms. The maximum absolute atomic E-state index is 14.1. The number of amides is 1. The molecule has 0 atom stereocenters. The zero-order chi connectivity index (χ0) is 32.0. The van der Waals surface area contributed by atoms with Crippen LogP contribution in [0.5, 0.6) is 0 Å². The van der Waals surface area contributed by atoms with E-state index in [1.54, 1.807) is 10.8 Å². The number of thiazole rings is 1. The van der Waals surface area contributed by atoms with Crippen molar-refractivity contribution in [1.29, 1.82) is 5.26 Å². The van der Waals surface area contributed by atoms with Gasteiger partial charge in [0.1, 0.15) is 16.5 Å². The van der Waals surface area contributed by atoms with Gasteiger partial charge in [-0.2, -0.15) is 10.4 Å². The minimum atomic E-state index is -0.586. The topological polar surface area (TPSA) is 105 Å². The highest BCUT2D eigenvalue weighted by atomic mass is 32.1. The zero-order valence-corrected chi connectivity index (χ0v) is 26.0. The predicted molar refractivity (Wildman–Crippen MR) is 176 cm³/mol. The van der Waals surface area contributed by atoms with Crippen LogP contribution in [0.25, 0.3) is 34.3 Å². The van der Waals surface area contributed by atoms with Crippen molar-refractivity contribution in [2.45, 2.75) is 6.92 Å². The average Bonchev–Trinajstić information content (AvgIpc) is 3.64. The molecule has 1 N–H and O–H groups in total. The highest BCUT2D eigenvalue weighted by Crippen LogP contribution is 2.25. The summed E-state index contributed by atoms with van der Waals surface area (Å²) >= 11 is 1.03. The zero-order valence-electron chi connectivity index (χ0n) is 25.1. The van der Waals surface area contributed by atoms with Crippen molar-refractivity contribution in [3.05, 3.63) is 122 Å². The van der Waals surface area contributed by atoms with E-state index in [9.17, 15) is 19.2 Å². The maximum Gasteiger partial charge on any atom is 0.273 e. The molecule has 0 saturated carbocycles. The molecule has 11 heteroatoms. The summed E-state index contributed by atoms with van der Waals surface area (Å²) in [6, 6.07) is 25.0. The normalized spacial score (nSPS) is 14.6. The predicted octanol–water partition coefficient (Wildman–Crippen LogP) is 3.15. The van der Waals surface area contributed by atoms with Gasteiger partial charge < -0.3 is 10.1 Å². The Morgan fingerprint density at radius 3 is 2.46 bits per heavy atom. The van der Waals surface area contributed by atoms with Crippen molar-refractivity contribution < 1.29 is 13.9 Å². The van der Waals surface area contributed by atoms with Gasteiger partial charge in [0.2, 0.25) is 0 Å². The number of ether oxygens (including phenoxy) is 1. The molecule has 5 aromatic rings. The monoisotopic (exact) mass is 634 g/mol. The van der Waals surface area contributed by atoms with Crippen LogP contribution in [0.15, 0.2) is 89.9 Å². The summed E-state index contributed by atoms with van der Waals surface area (Å²) in [6.07, 6.45) is 3.57. The Hall–Kier alpha value is -5.15. The molecular weight excluding hydrogens is 603 g/mol. The number of rotatable bonds is 8. The van der Waals surface area contributed by atoms with Crippen molar-refractivity contribution >= 4 is 28.9 Å². The van der Waals surface area contributed by atoms with Crippen molar-refractivity contribution in [1.82, 2.24) is 24.6 Å². The van der Waals surface area contributed by atoms with Gasteiger partial charge in [-0.25, -0.2) is 9.07 Å². The lowest BCUT2D eigenvalue weighted by atomic mass is 10.1. The molecule has 6 rings (SSSR count). The molecule has 9 nitrogen and oxygen atoms in total. The van der Waals surface area contributed by atoms with Crippen LogP contribution in [0.2, 0.25) is 0 Å². The second kappa shape index (κ2) is 13.9. The number of halogens is 1. The van der Waals surface area contributed by atoms with Crippen LogP contribution in [0, 0.1) is 24.1 Å². The molecule has 0 radical (unpaired) electrons. The van der Waals surface area contributed by atoms with Crippen LogP contribution in [0.4, 0.5) is 4.39 Å². The number of morpholine rings is 1. The molecule has 1 aliphatic rings. The molecule has 0 spiro atoms. The van der Waals surface area contributed by atoms with Crippen LogP contribution in [-0.4, -0.2) is 64.5 Å². The minimum Gasteiger partial charge on any atom is -0.379 e. The summed E-state index contributed by atoms with van der Waals surface area (Å²) in [5, 5.41) is 17.9. The second-order valence-corrected chi connectivity index (χ2v) is 11.8. The SMILES string of the molecule is Cc1ccc(-c2nn(-c3ccccc3)cc2C=c2sc(=C(C#N)C(=O)NCCN3CCOCC3)n(-c3ccc(F)cc3)c2=O)cc1. The van der Waals surface area contributed by atoms with Gasteiger partial charge in [-0.05, 0) is 49.4 Å². The van der Waals surface area contributed by atoms with E-state index < -0.39 is 17.3 Å². The van der Waals surface area contributed by atoms with Crippen LogP contribution >= 0.6 is 11.3 Å². The molecule has 3 aromatic carbocycles. The van der Waals surface area contributed by atoms with E-state index in [4.69, 9.17) is 9.84 Å². The highest BCUT2D eigenvalue weighted by Gasteiger charge is 2.19. The van der Waals surface area contributed by atoms with E-state index in [0.29, 0.717) is 43.2 Å². The minimum absolute atomic E-state index is 0.154. The third-order valence-electron chi connectivity index (χ3n) is 7.65. The first-order chi connectivity index (χ1) is 22.4. The molecule has 1 fully saturated rings. The number of para-hydroxylation sites is 1. The molecule has 46 heavy (non-hydrogen) atoms. The van der Waals surface area contributed by atoms with Crippen molar-refractivity contribution in [2.24, 2.45) is 0 Å². The molecule has 3 heterocycles. The van der Waals surface area contributed by atoms with E-state index in [-0.39, 0.29) is 14.8 Å². The van der Waals surface area contributed by atoms with E-state index in [2.05, 4.69) is 10.2 Å². The van der Waals surface area contributed by atoms with Gasteiger partial charge >= 0.3 is 0 Å². The number of aryl methyl sites for hydroxylation is 1. The first-order valence-electron chi connectivity index (χ1n) is 14.9. The lowest BCUT2D eigenvalue weighted by Crippen LogP contribution is -2.42. The number of carbonyl (C=O) groups is 1. The number of hydrogen-bond donors (Lipinski definition) is 1. The molecule has 1 saturated heterocycles. The molecule has 0 aliphatic carbocycles. The van der Waals surface area contributed by atoms with E-state index in [1.165, 1.54) is 28.8 Å². The van der Waals surface area contributed by atoms with Crippen molar-refractivity contribution in [2.75, 3.05) is 39.4 Å². The van der Waals surface area contributed by atoms with E-state index in [0.717, 1.165) is 41.2 Å². The second-order valence-electron chi connectivity index (χ2n) is 10.8. The van der Waals surface area contributed by atoms with Gasteiger partial charge in [0.25, 0.3) is 11.5 Å². The van der Waals surface area contributed by atoms with E-state index >= 15 is 0 Å². The summed E-state index contributed by atoms with van der Waals surface area (Å²) in [7, 11) is 0. The van der Waals surface area contributed by atoms with Crippen molar-refractivity contribution in [3.63, 3.8) is 0 Å². The molecule has 2 aromatic heterocycles. The van der Waals surface area contributed by atoms with Gasteiger partial charge in [0.05, 0.1) is 34.8 Å². The number of benzene rings is 3. The van der Waals surface area contributed by atoms with Gasteiger partial charge in [-0.15, -0.1) is 11.3 Å². The number of nitriles is 1. The number of carbonyl (C=O) groups excluding carboxylic acids is 1. The van der Waals surface area contributed by atoms with Crippen molar-refractivity contribution in [3.8, 4) is 28.7 Å². The molecule has 0 unspecified atom stereocenters. The van der Waals surface area contributed by atoms with E-state index in [1.807, 2.05) is 73.8 Å². The van der Waals surface area contributed by atoms with Crippen LogP contribution in [0.3, 0.4) is 0 Å². The Morgan fingerprint density at radius 1 is 1.04 bits per heavy atom.